The Hall–Kier alpha value is -1.19. The standard InChI is InChI=1S/C17H22N2S/c1-17(2,16-18-10-11-20-16)19-12-14-8-5-7-13-6-3-4-9-15(13)14/h3-4,6,9-11,14,19H,5,7-8,12H2,1-2H3. The van der Waals surface area contributed by atoms with E-state index in [2.05, 4.69) is 53.8 Å². The van der Waals surface area contributed by atoms with Crippen LogP contribution in [-0.2, 0) is 12.0 Å². The SMILES string of the molecule is CC(C)(NCC1CCCc2ccccc21)c1nccs1. The van der Waals surface area contributed by atoms with Gasteiger partial charge in [-0.1, -0.05) is 24.3 Å². The third kappa shape index (κ3) is 2.79. The van der Waals surface area contributed by atoms with Crippen LogP contribution in [0.25, 0.3) is 0 Å². The molecule has 0 saturated carbocycles. The molecule has 1 aliphatic rings. The van der Waals surface area contributed by atoms with Crippen molar-refractivity contribution in [1.29, 1.82) is 0 Å². The van der Waals surface area contributed by atoms with E-state index in [0.717, 1.165) is 6.54 Å². The molecule has 0 radical (unpaired) electrons. The van der Waals surface area contributed by atoms with Gasteiger partial charge in [0.05, 0.1) is 5.54 Å². The van der Waals surface area contributed by atoms with Gasteiger partial charge in [-0.05, 0) is 50.2 Å². The minimum atomic E-state index is -0.0411. The summed E-state index contributed by atoms with van der Waals surface area (Å²) in [6.07, 6.45) is 5.72. The van der Waals surface area contributed by atoms with Gasteiger partial charge < -0.3 is 5.32 Å². The highest BCUT2D eigenvalue weighted by Gasteiger charge is 2.26. The van der Waals surface area contributed by atoms with Gasteiger partial charge >= 0.3 is 0 Å². The van der Waals surface area contributed by atoms with Crippen molar-refractivity contribution in [2.75, 3.05) is 6.54 Å². The molecular formula is C17H22N2S. The smallest absolute Gasteiger partial charge is 0.112 e. The van der Waals surface area contributed by atoms with Crippen LogP contribution in [0.2, 0.25) is 0 Å². The summed E-state index contributed by atoms with van der Waals surface area (Å²) < 4.78 is 0. The summed E-state index contributed by atoms with van der Waals surface area (Å²) in [6, 6.07) is 8.92. The van der Waals surface area contributed by atoms with Gasteiger partial charge in [-0.15, -0.1) is 11.3 Å². The summed E-state index contributed by atoms with van der Waals surface area (Å²) in [5.74, 6) is 0.638. The highest BCUT2D eigenvalue weighted by atomic mass is 32.1. The summed E-state index contributed by atoms with van der Waals surface area (Å²) >= 11 is 1.73. The monoisotopic (exact) mass is 286 g/mol. The number of hydrogen-bond acceptors (Lipinski definition) is 3. The first kappa shape index (κ1) is 13.8. The lowest BCUT2D eigenvalue weighted by atomic mass is 9.82. The van der Waals surface area contributed by atoms with Crippen LogP contribution in [-0.4, -0.2) is 11.5 Å². The summed E-state index contributed by atoms with van der Waals surface area (Å²) in [5, 5.41) is 6.94. The Balaban J connectivity index is 1.71. The summed E-state index contributed by atoms with van der Waals surface area (Å²) in [7, 11) is 0. The maximum absolute atomic E-state index is 4.45. The number of aryl methyl sites for hydroxylation is 1. The lowest BCUT2D eigenvalue weighted by Crippen LogP contribution is -2.39. The maximum atomic E-state index is 4.45. The summed E-state index contributed by atoms with van der Waals surface area (Å²) in [4.78, 5) is 4.45. The molecule has 0 bridgehead atoms. The molecule has 0 saturated heterocycles. The zero-order chi connectivity index (χ0) is 14.0. The van der Waals surface area contributed by atoms with E-state index in [1.54, 1.807) is 16.9 Å². The number of aromatic nitrogens is 1. The Morgan fingerprint density at radius 1 is 1.35 bits per heavy atom. The zero-order valence-electron chi connectivity index (χ0n) is 12.2. The molecule has 2 aromatic rings. The van der Waals surface area contributed by atoms with Crippen LogP contribution in [0.3, 0.4) is 0 Å². The molecule has 3 heteroatoms. The van der Waals surface area contributed by atoms with Crippen molar-refractivity contribution in [1.82, 2.24) is 10.3 Å². The zero-order valence-corrected chi connectivity index (χ0v) is 13.0. The third-order valence-electron chi connectivity index (χ3n) is 4.25. The fraction of sp³-hybridized carbons (Fsp3) is 0.471. The van der Waals surface area contributed by atoms with Gasteiger partial charge in [-0.2, -0.15) is 0 Å². The minimum absolute atomic E-state index is 0.0411. The first-order valence-corrected chi connectivity index (χ1v) is 8.27. The molecule has 3 rings (SSSR count). The normalized spacial score (nSPS) is 18.8. The Morgan fingerprint density at radius 2 is 2.20 bits per heavy atom. The second kappa shape index (κ2) is 5.66. The first-order valence-electron chi connectivity index (χ1n) is 7.39. The van der Waals surface area contributed by atoms with Crippen molar-refractivity contribution in [3.8, 4) is 0 Å². The molecule has 0 fully saturated rings. The van der Waals surface area contributed by atoms with E-state index in [4.69, 9.17) is 0 Å². The van der Waals surface area contributed by atoms with Crippen LogP contribution >= 0.6 is 11.3 Å². The quantitative estimate of drug-likeness (QED) is 0.915. The molecule has 2 nitrogen and oxygen atoms in total. The Morgan fingerprint density at radius 3 is 3.00 bits per heavy atom. The second-order valence-corrected chi connectivity index (χ2v) is 7.03. The van der Waals surface area contributed by atoms with E-state index >= 15 is 0 Å². The van der Waals surface area contributed by atoms with Crippen molar-refractivity contribution < 1.29 is 0 Å². The molecule has 1 heterocycles. The number of nitrogens with one attached hydrogen (secondary N) is 1. The maximum Gasteiger partial charge on any atom is 0.112 e. The van der Waals surface area contributed by atoms with Crippen molar-refractivity contribution in [3.63, 3.8) is 0 Å². The first-order chi connectivity index (χ1) is 9.67. The summed E-state index contributed by atoms with van der Waals surface area (Å²) in [5.41, 5.74) is 3.04. The summed E-state index contributed by atoms with van der Waals surface area (Å²) in [6.45, 7) is 5.48. The molecule has 1 aromatic heterocycles. The lowest BCUT2D eigenvalue weighted by Gasteiger charge is -2.30. The van der Waals surface area contributed by atoms with Crippen LogP contribution in [0.5, 0.6) is 0 Å². The van der Waals surface area contributed by atoms with Crippen molar-refractivity contribution in [2.45, 2.75) is 44.6 Å². The molecule has 0 amide bonds. The predicted molar refractivity (Wildman–Crippen MR) is 85.3 cm³/mol. The van der Waals surface area contributed by atoms with Gasteiger partial charge in [0.15, 0.2) is 0 Å². The van der Waals surface area contributed by atoms with Gasteiger partial charge in [0.1, 0.15) is 5.01 Å². The van der Waals surface area contributed by atoms with Gasteiger partial charge in [-0.25, -0.2) is 4.98 Å². The molecule has 1 atom stereocenters. The Bertz CT molecular complexity index is 560. The topological polar surface area (TPSA) is 24.9 Å². The second-order valence-electron chi connectivity index (χ2n) is 6.13. The van der Waals surface area contributed by atoms with Crippen LogP contribution in [0.4, 0.5) is 0 Å². The van der Waals surface area contributed by atoms with Crippen molar-refractivity contribution in [3.05, 3.63) is 52.0 Å². The number of nitrogens with zero attached hydrogens (tertiary/aromatic N) is 1. The van der Waals surface area contributed by atoms with Gasteiger partial charge in [0.25, 0.3) is 0 Å². The predicted octanol–water partition coefficient (Wildman–Crippen LogP) is 4.09. The number of fused-ring (bicyclic) bond motifs is 1. The molecule has 1 N–H and O–H groups in total. The average Bonchev–Trinajstić information content (AvgIpc) is 3.00. The molecule has 0 spiro atoms. The molecule has 20 heavy (non-hydrogen) atoms. The number of rotatable bonds is 4. The van der Waals surface area contributed by atoms with Gasteiger partial charge in [0.2, 0.25) is 0 Å². The molecule has 1 aromatic carbocycles. The van der Waals surface area contributed by atoms with Crippen LogP contribution in [0, 0.1) is 0 Å². The number of benzene rings is 1. The van der Waals surface area contributed by atoms with Crippen molar-refractivity contribution in [2.24, 2.45) is 0 Å². The molecule has 106 valence electrons. The van der Waals surface area contributed by atoms with Crippen molar-refractivity contribution >= 4 is 11.3 Å². The Labute approximate surface area is 125 Å². The Kier molecular flexibility index (Phi) is 3.90. The van der Waals surface area contributed by atoms with Gasteiger partial charge in [-0.3, -0.25) is 0 Å². The molecular weight excluding hydrogens is 264 g/mol. The third-order valence-corrected chi connectivity index (χ3v) is 5.35. The van der Waals surface area contributed by atoms with Gasteiger partial charge in [0, 0.05) is 18.1 Å². The minimum Gasteiger partial charge on any atom is -0.305 e. The van der Waals surface area contributed by atoms with E-state index in [9.17, 15) is 0 Å². The fourth-order valence-electron chi connectivity index (χ4n) is 3.05. The van der Waals surface area contributed by atoms with Crippen LogP contribution in [0.1, 0.15) is 48.7 Å². The highest BCUT2D eigenvalue weighted by molar-refractivity contribution is 7.09. The van der Waals surface area contributed by atoms with E-state index in [1.165, 1.54) is 29.8 Å². The molecule has 1 aliphatic carbocycles. The van der Waals surface area contributed by atoms with Crippen LogP contribution in [0.15, 0.2) is 35.8 Å². The lowest BCUT2D eigenvalue weighted by molar-refractivity contribution is 0.371. The molecule has 1 unspecified atom stereocenters. The van der Waals surface area contributed by atoms with Crippen LogP contribution < -0.4 is 5.32 Å². The average molecular weight is 286 g/mol. The highest BCUT2D eigenvalue weighted by Crippen LogP contribution is 2.32. The van der Waals surface area contributed by atoms with E-state index in [-0.39, 0.29) is 5.54 Å². The largest absolute Gasteiger partial charge is 0.305 e. The number of hydrogen-bond donors (Lipinski definition) is 1. The van der Waals surface area contributed by atoms with E-state index < -0.39 is 0 Å². The van der Waals surface area contributed by atoms with E-state index in [0.29, 0.717) is 5.92 Å². The molecule has 0 aliphatic heterocycles. The fourth-order valence-corrected chi connectivity index (χ4v) is 3.79. The number of thiazole rings is 1. The van der Waals surface area contributed by atoms with E-state index in [1.807, 2.05) is 6.20 Å².